The van der Waals surface area contributed by atoms with Crippen molar-refractivity contribution < 1.29 is 4.52 Å². The van der Waals surface area contributed by atoms with Gasteiger partial charge in [0.05, 0.1) is 0 Å². The maximum absolute atomic E-state index is 12.4. The maximum Gasteiger partial charge on any atom is 0.331 e. The lowest BCUT2D eigenvalue weighted by molar-refractivity contribution is 0.361. The third-order valence-corrected chi connectivity index (χ3v) is 5.31. The summed E-state index contributed by atoms with van der Waals surface area (Å²) < 4.78 is 7.79. The van der Waals surface area contributed by atoms with E-state index >= 15 is 0 Å². The molecule has 2 heterocycles. The first-order valence-corrected chi connectivity index (χ1v) is 10.2. The van der Waals surface area contributed by atoms with Crippen LogP contribution in [-0.4, -0.2) is 19.3 Å². The molecule has 0 N–H and O–H groups in total. The normalized spacial score (nSPS) is 12.4. The van der Waals surface area contributed by atoms with Crippen LogP contribution in [0.15, 0.2) is 38.4 Å². The highest BCUT2D eigenvalue weighted by Gasteiger charge is 2.22. The molecule has 2 aromatic heterocycles. The molecule has 1 aliphatic rings. The van der Waals surface area contributed by atoms with Crippen molar-refractivity contribution in [2.45, 2.75) is 52.5 Å². The Bertz CT molecular complexity index is 1100. The number of hydrogen-bond donors (Lipinski definition) is 0. The van der Waals surface area contributed by atoms with Gasteiger partial charge in [0, 0.05) is 29.7 Å². The van der Waals surface area contributed by atoms with Crippen molar-refractivity contribution in [3.63, 3.8) is 0 Å². The van der Waals surface area contributed by atoms with E-state index in [0.29, 0.717) is 18.1 Å². The van der Waals surface area contributed by atoms with E-state index in [0.717, 1.165) is 42.0 Å². The molecule has 0 amide bonds. The first-order chi connectivity index (χ1) is 13.9. The number of halogens is 1. The van der Waals surface area contributed by atoms with Gasteiger partial charge in [0.15, 0.2) is 5.82 Å². The summed E-state index contributed by atoms with van der Waals surface area (Å²) in [5, 5.41) is 4.59. The van der Waals surface area contributed by atoms with E-state index in [4.69, 9.17) is 16.1 Å². The lowest BCUT2D eigenvalue weighted by Gasteiger charge is -2.10. The molecule has 0 saturated carbocycles. The summed E-state index contributed by atoms with van der Waals surface area (Å²) in [7, 11) is 1.70. The minimum absolute atomic E-state index is 0.0335. The highest BCUT2D eigenvalue weighted by molar-refractivity contribution is 6.30. The Morgan fingerprint density at radius 2 is 1.83 bits per heavy atom. The second kappa shape index (κ2) is 9.22. The van der Waals surface area contributed by atoms with Crippen molar-refractivity contribution in [3.8, 4) is 0 Å². The third-order valence-electron chi connectivity index (χ3n) is 5.06. The second-order valence-corrected chi connectivity index (χ2v) is 7.39. The Balaban J connectivity index is 0.000000224. The molecule has 0 saturated heterocycles. The Kier molecular flexibility index (Phi) is 6.69. The largest absolute Gasteiger partial charge is 0.337 e. The molecule has 3 aromatic rings. The molecule has 1 aliphatic carbocycles. The van der Waals surface area contributed by atoms with E-state index in [1.54, 1.807) is 11.6 Å². The van der Waals surface area contributed by atoms with Gasteiger partial charge in [0.2, 0.25) is 5.89 Å². The van der Waals surface area contributed by atoms with E-state index in [-0.39, 0.29) is 17.8 Å². The molecule has 154 valence electrons. The molecule has 0 fully saturated rings. The topological polar surface area (TPSA) is 82.9 Å². The molecule has 0 atom stereocenters. The predicted octanol–water partition coefficient (Wildman–Crippen LogP) is 2.93. The van der Waals surface area contributed by atoms with Gasteiger partial charge in [-0.15, -0.1) is 0 Å². The number of aryl methyl sites for hydroxylation is 2. The highest BCUT2D eigenvalue weighted by Crippen LogP contribution is 2.16. The van der Waals surface area contributed by atoms with Crippen molar-refractivity contribution in [3.05, 3.63) is 78.7 Å². The lowest BCUT2D eigenvalue weighted by atomic mass is 10.2. The summed E-state index contributed by atoms with van der Waals surface area (Å²) >= 11 is 5.67. The third kappa shape index (κ3) is 4.67. The molecule has 4 rings (SSSR count). The van der Waals surface area contributed by atoms with Crippen LogP contribution in [0.4, 0.5) is 0 Å². The van der Waals surface area contributed by atoms with Gasteiger partial charge in [-0.05, 0) is 43.4 Å². The molecule has 0 unspecified atom stereocenters. The van der Waals surface area contributed by atoms with Crippen LogP contribution in [0.1, 0.15) is 48.8 Å². The molecule has 1 aromatic carbocycles. The summed E-state index contributed by atoms with van der Waals surface area (Å²) in [4.78, 5) is 28.8. The quantitative estimate of drug-likeness (QED) is 0.653. The Labute approximate surface area is 174 Å². The van der Waals surface area contributed by atoms with Crippen LogP contribution in [0.3, 0.4) is 0 Å². The fraction of sp³-hybridized carbons (Fsp3) is 0.429. The molecule has 0 spiro atoms. The number of hydrogen-bond acceptors (Lipinski definition) is 5. The number of benzene rings is 1. The Hall–Kier alpha value is -2.67. The van der Waals surface area contributed by atoms with Gasteiger partial charge < -0.3 is 9.09 Å². The van der Waals surface area contributed by atoms with Crippen LogP contribution in [0.5, 0.6) is 0 Å². The first-order valence-electron chi connectivity index (χ1n) is 9.82. The maximum atomic E-state index is 12.4. The Morgan fingerprint density at radius 3 is 2.45 bits per heavy atom. The van der Waals surface area contributed by atoms with Gasteiger partial charge >= 0.3 is 5.69 Å². The van der Waals surface area contributed by atoms with Crippen LogP contribution < -0.4 is 11.2 Å². The first kappa shape index (κ1) is 21.0. The monoisotopic (exact) mass is 416 g/mol. The van der Waals surface area contributed by atoms with Crippen molar-refractivity contribution in [2.24, 2.45) is 7.05 Å². The minimum atomic E-state index is -0.327. The fourth-order valence-corrected chi connectivity index (χ4v) is 3.49. The second-order valence-electron chi connectivity index (χ2n) is 6.95. The summed E-state index contributed by atoms with van der Waals surface area (Å²) in [6, 6.07) is 7.92. The zero-order valence-corrected chi connectivity index (χ0v) is 17.7. The molecular weight excluding hydrogens is 392 g/mol. The van der Waals surface area contributed by atoms with E-state index in [2.05, 4.69) is 17.1 Å². The minimum Gasteiger partial charge on any atom is -0.337 e. The molecule has 7 nitrogen and oxygen atoms in total. The summed E-state index contributed by atoms with van der Waals surface area (Å²) in [5.74, 6) is 0.866. The summed E-state index contributed by atoms with van der Waals surface area (Å²) in [6.07, 6.45) is 4.17. The van der Waals surface area contributed by atoms with Crippen LogP contribution >= 0.6 is 11.6 Å². The van der Waals surface area contributed by atoms with Gasteiger partial charge in [0.1, 0.15) is 6.54 Å². The van der Waals surface area contributed by atoms with E-state index in [9.17, 15) is 9.59 Å². The van der Waals surface area contributed by atoms with Gasteiger partial charge in [-0.25, -0.2) is 4.79 Å². The molecule has 0 aliphatic heterocycles. The van der Waals surface area contributed by atoms with Crippen LogP contribution in [0.2, 0.25) is 5.02 Å². The van der Waals surface area contributed by atoms with E-state index in [1.807, 2.05) is 31.2 Å². The van der Waals surface area contributed by atoms with Crippen LogP contribution in [0.25, 0.3) is 0 Å². The number of rotatable bonds is 4. The average molecular weight is 417 g/mol. The highest BCUT2D eigenvalue weighted by atomic mass is 35.5. The molecule has 0 radical (unpaired) electrons. The Morgan fingerprint density at radius 1 is 1.10 bits per heavy atom. The molecule has 8 heteroatoms. The summed E-state index contributed by atoms with van der Waals surface area (Å²) in [6.45, 7) is 4.07. The smallest absolute Gasteiger partial charge is 0.331 e. The predicted molar refractivity (Wildman–Crippen MR) is 112 cm³/mol. The summed E-state index contributed by atoms with van der Waals surface area (Å²) in [5.41, 5.74) is 2.38. The molecular formula is C21H25ClN4O3. The number of nitrogens with zero attached hydrogens (tertiary/aromatic N) is 4. The van der Waals surface area contributed by atoms with Crippen molar-refractivity contribution in [1.29, 1.82) is 0 Å². The van der Waals surface area contributed by atoms with Crippen molar-refractivity contribution >= 4 is 11.6 Å². The standard InChI is InChI=1S/C13H16N4O3.C8H9Cl/c1-3-10-14-11(20-15-10)7-17-12(18)8-5-4-6-9(8)16(2)13(17)19;1-2-7-3-5-8(9)6-4-7/h3-7H2,1-2H3;3-6H,2H2,1H3. The number of fused-ring (bicyclic) bond motifs is 1. The van der Waals surface area contributed by atoms with Crippen LogP contribution in [0, 0.1) is 0 Å². The molecule has 0 bridgehead atoms. The van der Waals surface area contributed by atoms with Gasteiger partial charge in [-0.1, -0.05) is 42.7 Å². The zero-order chi connectivity index (χ0) is 21.0. The molecule has 29 heavy (non-hydrogen) atoms. The lowest BCUT2D eigenvalue weighted by Crippen LogP contribution is -2.42. The average Bonchev–Trinajstić information content (AvgIpc) is 3.40. The van der Waals surface area contributed by atoms with E-state index < -0.39 is 0 Å². The van der Waals surface area contributed by atoms with Crippen molar-refractivity contribution in [2.75, 3.05) is 0 Å². The fourth-order valence-electron chi connectivity index (χ4n) is 3.37. The SMILES string of the molecule is CCc1ccc(Cl)cc1.CCc1noc(Cn2c(=O)c3c(n(C)c2=O)CCC3)n1. The number of aromatic nitrogens is 4. The van der Waals surface area contributed by atoms with Crippen LogP contribution in [-0.2, 0) is 39.3 Å². The van der Waals surface area contributed by atoms with Crippen molar-refractivity contribution in [1.82, 2.24) is 19.3 Å². The zero-order valence-electron chi connectivity index (χ0n) is 16.9. The van der Waals surface area contributed by atoms with E-state index in [1.165, 1.54) is 10.1 Å². The van der Waals surface area contributed by atoms with Gasteiger partial charge in [-0.2, -0.15) is 4.98 Å². The van der Waals surface area contributed by atoms with Gasteiger partial charge in [0.25, 0.3) is 5.56 Å². The van der Waals surface area contributed by atoms with Gasteiger partial charge in [-0.3, -0.25) is 9.36 Å².